The number of aryl methyl sites for hydroxylation is 1. The fourth-order valence-electron chi connectivity index (χ4n) is 5.84. The maximum atomic E-state index is 13.5. The maximum absolute atomic E-state index is 13.5. The zero-order valence-corrected chi connectivity index (χ0v) is 20.6. The summed E-state index contributed by atoms with van der Waals surface area (Å²) in [7, 11) is 0. The summed E-state index contributed by atoms with van der Waals surface area (Å²) in [5, 5.41) is 5.73. The molecule has 0 amide bonds. The summed E-state index contributed by atoms with van der Waals surface area (Å²) in [5.74, 6) is -0.695. The molecule has 2 heterocycles. The Morgan fingerprint density at radius 1 is 1.09 bits per heavy atom. The predicted molar refractivity (Wildman–Crippen MR) is 135 cm³/mol. The standard InChI is InChI=1S/C29H32N2O3/c1-6-31-22-11-9-8-10-19(22)20-14-18(12-13-23(20)31)26-25(28(33)34-7-2)17(3)30-21-15-29(4,5)16-24(32)27(21)26/h8-14,26,30H,6-7,15-16H2,1-5H3. The minimum absolute atomic E-state index is 0.106. The Hall–Kier alpha value is -3.34. The van der Waals surface area contributed by atoms with Crippen molar-refractivity contribution >= 4 is 33.6 Å². The van der Waals surface area contributed by atoms with Crippen LogP contribution >= 0.6 is 0 Å². The summed E-state index contributed by atoms with van der Waals surface area (Å²) in [6.07, 6.45) is 1.24. The molecule has 3 aromatic rings. The van der Waals surface area contributed by atoms with Crippen LogP contribution in [0.4, 0.5) is 0 Å². The molecule has 1 aromatic heterocycles. The highest BCUT2D eigenvalue weighted by Gasteiger charge is 2.43. The molecule has 5 rings (SSSR count). The van der Waals surface area contributed by atoms with E-state index < -0.39 is 5.92 Å². The van der Waals surface area contributed by atoms with E-state index in [9.17, 15) is 9.59 Å². The van der Waals surface area contributed by atoms with Gasteiger partial charge in [-0.05, 0) is 56.4 Å². The molecule has 2 aliphatic rings. The molecule has 0 fully saturated rings. The van der Waals surface area contributed by atoms with Gasteiger partial charge in [0.1, 0.15) is 0 Å². The van der Waals surface area contributed by atoms with Crippen molar-refractivity contribution in [1.82, 2.24) is 9.88 Å². The lowest BCUT2D eigenvalue weighted by atomic mass is 9.68. The minimum atomic E-state index is -0.438. The topological polar surface area (TPSA) is 60.3 Å². The van der Waals surface area contributed by atoms with Crippen LogP contribution in [0.5, 0.6) is 0 Å². The van der Waals surface area contributed by atoms with Crippen LogP contribution in [0.3, 0.4) is 0 Å². The number of hydrogen-bond acceptors (Lipinski definition) is 4. The van der Waals surface area contributed by atoms with E-state index in [1.54, 1.807) is 0 Å². The summed E-state index contributed by atoms with van der Waals surface area (Å²) in [6.45, 7) is 11.3. The Balaban J connectivity index is 1.76. The van der Waals surface area contributed by atoms with Gasteiger partial charge in [-0.3, -0.25) is 4.79 Å². The van der Waals surface area contributed by atoms with E-state index in [2.05, 4.69) is 73.1 Å². The second kappa shape index (κ2) is 8.15. The minimum Gasteiger partial charge on any atom is -0.463 e. The number of ether oxygens (including phenoxy) is 1. The number of Topliss-reactive ketones (excluding diaryl/α,β-unsaturated/α-hetero) is 1. The van der Waals surface area contributed by atoms with E-state index in [0.717, 1.165) is 40.8 Å². The van der Waals surface area contributed by atoms with Gasteiger partial charge in [-0.2, -0.15) is 0 Å². The lowest BCUT2D eigenvalue weighted by molar-refractivity contribution is -0.138. The molecule has 1 N–H and O–H groups in total. The molecule has 0 saturated carbocycles. The van der Waals surface area contributed by atoms with Crippen molar-refractivity contribution in [2.75, 3.05) is 6.61 Å². The molecule has 1 aliphatic carbocycles. The first-order chi connectivity index (χ1) is 16.3. The normalized spacial score (nSPS) is 20.0. The molecule has 0 bridgehead atoms. The van der Waals surface area contributed by atoms with E-state index in [1.165, 1.54) is 10.9 Å². The van der Waals surface area contributed by atoms with Crippen molar-refractivity contribution in [2.24, 2.45) is 5.41 Å². The van der Waals surface area contributed by atoms with Gasteiger partial charge in [-0.25, -0.2) is 4.79 Å². The molecule has 0 spiro atoms. The highest BCUT2D eigenvalue weighted by Crippen LogP contribution is 2.47. The number of benzene rings is 2. The van der Waals surface area contributed by atoms with Gasteiger partial charge in [0.25, 0.3) is 0 Å². The lowest BCUT2D eigenvalue weighted by Gasteiger charge is -2.39. The number of nitrogens with zero attached hydrogens (tertiary/aromatic N) is 1. The monoisotopic (exact) mass is 456 g/mol. The Labute approximate surface area is 200 Å². The number of para-hydroxylation sites is 1. The highest BCUT2D eigenvalue weighted by atomic mass is 16.5. The molecule has 5 nitrogen and oxygen atoms in total. The van der Waals surface area contributed by atoms with Gasteiger partial charge in [0.05, 0.1) is 12.2 Å². The van der Waals surface area contributed by atoms with Crippen LogP contribution in [0.15, 0.2) is 65.0 Å². The van der Waals surface area contributed by atoms with Gasteiger partial charge < -0.3 is 14.6 Å². The first kappa shape index (κ1) is 22.5. The number of nitrogens with one attached hydrogen (secondary N) is 1. The number of allylic oxidation sites excluding steroid dienone is 3. The van der Waals surface area contributed by atoms with Crippen LogP contribution in [-0.4, -0.2) is 22.9 Å². The van der Waals surface area contributed by atoms with E-state index in [4.69, 9.17) is 4.74 Å². The largest absolute Gasteiger partial charge is 0.463 e. The molecule has 176 valence electrons. The van der Waals surface area contributed by atoms with Crippen LogP contribution in [-0.2, 0) is 20.9 Å². The third-order valence-electron chi connectivity index (χ3n) is 7.18. The third-order valence-corrected chi connectivity index (χ3v) is 7.18. The molecule has 1 unspecified atom stereocenters. The van der Waals surface area contributed by atoms with E-state index in [1.807, 2.05) is 13.8 Å². The number of ketones is 1. The van der Waals surface area contributed by atoms with Crippen molar-refractivity contribution in [1.29, 1.82) is 0 Å². The second-order valence-electron chi connectivity index (χ2n) is 10.2. The number of aromatic nitrogens is 1. The summed E-state index contributed by atoms with van der Waals surface area (Å²) in [4.78, 5) is 26.7. The SMILES string of the molecule is CCOC(=O)C1=C(C)NC2=C(C(=O)CC(C)(C)C2)C1c1ccc2c(c1)c1ccccc1n2CC. The average Bonchev–Trinajstić information content (AvgIpc) is 3.10. The quantitative estimate of drug-likeness (QED) is 0.491. The van der Waals surface area contributed by atoms with Crippen LogP contribution in [0.25, 0.3) is 21.8 Å². The van der Waals surface area contributed by atoms with Gasteiger partial charge in [-0.15, -0.1) is 0 Å². The summed E-state index contributed by atoms with van der Waals surface area (Å²) in [5.41, 5.74) is 6.14. The van der Waals surface area contributed by atoms with Crippen LogP contribution < -0.4 is 5.32 Å². The molecular weight excluding hydrogens is 424 g/mol. The maximum Gasteiger partial charge on any atom is 0.336 e. The number of esters is 1. The first-order valence-corrected chi connectivity index (χ1v) is 12.2. The molecule has 2 aromatic carbocycles. The smallest absolute Gasteiger partial charge is 0.336 e. The second-order valence-corrected chi connectivity index (χ2v) is 10.2. The van der Waals surface area contributed by atoms with Crippen LogP contribution in [0.2, 0.25) is 0 Å². The van der Waals surface area contributed by atoms with Gasteiger partial charge >= 0.3 is 5.97 Å². The zero-order valence-electron chi connectivity index (χ0n) is 20.6. The van der Waals surface area contributed by atoms with Crippen molar-refractivity contribution < 1.29 is 14.3 Å². The first-order valence-electron chi connectivity index (χ1n) is 12.2. The molecular formula is C29H32N2O3. The molecule has 5 heteroatoms. The molecule has 1 atom stereocenters. The number of fused-ring (bicyclic) bond motifs is 3. The Morgan fingerprint density at radius 3 is 2.56 bits per heavy atom. The van der Waals surface area contributed by atoms with Crippen LogP contribution in [0.1, 0.15) is 58.9 Å². The van der Waals surface area contributed by atoms with Gasteiger partial charge in [0.15, 0.2) is 5.78 Å². The predicted octanol–water partition coefficient (Wildman–Crippen LogP) is 5.98. The molecule has 0 radical (unpaired) electrons. The number of dihydropyridines is 1. The Bertz CT molecular complexity index is 1400. The number of rotatable bonds is 4. The fourth-order valence-corrected chi connectivity index (χ4v) is 5.84. The van der Waals surface area contributed by atoms with E-state index in [-0.39, 0.29) is 23.8 Å². The van der Waals surface area contributed by atoms with Gasteiger partial charge in [0, 0.05) is 57.7 Å². The zero-order chi connectivity index (χ0) is 24.2. The highest BCUT2D eigenvalue weighted by molar-refractivity contribution is 6.09. The summed E-state index contributed by atoms with van der Waals surface area (Å²) < 4.78 is 7.77. The van der Waals surface area contributed by atoms with Crippen molar-refractivity contribution in [3.63, 3.8) is 0 Å². The molecule has 1 aliphatic heterocycles. The Kier molecular flexibility index (Phi) is 5.38. The summed E-state index contributed by atoms with van der Waals surface area (Å²) in [6, 6.07) is 14.8. The van der Waals surface area contributed by atoms with Gasteiger partial charge in [-0.1, -0.05) is 38.1 Å². The third kappa shape index (κ3) is 3.46. The average molecular weight is 457 g/mol. The lowest BCUT2D eigenvalue weighted by Crippen LogP contribution is -2.38. The van der Waals surface area contributed by atoms with Crippen molar-refractivity contribution in [3.05, 3.63) is 70.6 Å². The number of carbonyl (C=O) groups is 2. The Morgan fingerprint density at radius 2 is 1.82 bits per heavy atom. The number of carbonyl (C=O) groups excluding carboxylic acids is 2. The van der Waals surface area contributed by atoms with Crippen molar-refractivity contribution in [3.8, 4) is 0 Å². The van der Waals surface area contributed by atoms with Crippen LogP contribution in [0, 0.1) is 5.41 Å². The number of hydrogen-bond donors (Lipinski definition) is 1. The molecule has 34 heavy (non-hydrogen) atoms. The molecule has 0 saturated heterocycles. The fraction of sp³-hybridized carbons (Fsp3) is 0.379. The van der Waals surface area contributed by atoms with E-state index in [0.29, 0.717) is 17.6 Å². The van der Waals surface area contributed by atoms with E-state index >= 15 is 0 Å². The van der Waals surface area contributed by atoms with Crippen molar-refractivity contribution in [2.45, 2.75) is 59.9 Å². The summed E-state index contributed by atoms with van der Waals surface area (Å²) >= 11 is 0. The van der Waals surface area contributed by atoms with Gasteiger partial charge in [0.2, 0.25) is 0 Å².